The Morgan fingerprint density at radius 1 is 1.20 bits per heavy atom. The van der Waals surface area contributed by atoms with Crippen molar-refractivity contribution in [3.8, 4) is 0 Å². The first kappa shape index (κ1) is 12.4. The average molecular weight is 265 g/mol. The third kappa shape index (κ3) is 2.40. The quantitative estimate of drug-likeness (QED) is 0.762. The zero-order valence-electron chi connectivity index (χ0n) is 11.2. The molecular weight excluding hydrogens is 250 g/mol. The summed E-state index contributed by atoms with van der Waals surface area (Å²) in [7, 11) is 0. The van der Waals surface area contributed by atoms with E-state index < -0.39 is 0 Å². The van der Waals surface area contributed by atoms with Gasteiger partial charge in [-0.3, -0.25) is 9.89 Å². The molecule has 0 radical (unpaired) electrons. The molecule has 1 aromatic heterocycles. The zero-order valence-corrected chi connectivity index (χ0v) is 11.2. The highest BCUT2D eigenvalue weighted by Crippen LogP contribution is 2.15. The fraction of sp³-hybridized carbons (Fsp3) is 0.125. The van der Waals surface area contributed by atoms with Gasteiger partial charge in [0.2, 0.25) is 0 Å². The first-order chi connectivity index (χ1) is 9.76. The monoisotopic (exact) mass is 265 g/mol. The van der Waals surface area contributed by atoms with Crippen LogP contribution in [-0.2, 0) is 6.42 Å². The Hall–Kier alpha value is -2.62. The van der Waals surface area contributed by atoms with Gasteiger partial charge in [-0.15, -0.1) is 0 Å². The molecule has 0 atom stereocenters. The molecule has 0 aliphatic carbocycles. The number of H-pyrrole nitrogens is 1. The van der Waals surface area contributed by atoms with Crippen LogP contribution in [0.25, 0.3) is 10.9 Å². The first-order valence-electron chi connectivity index (χ1n) is 6.59. The van der Waals surface area contributed by atoms with E-state index in [9.17, 15) is 4.79 Å². The van der Waals surface area contributed by atoms with E-state index in [1.54, 1.807) is 18.3 Å². The van der Waals surface area contributed by atoms with E-state index in [0.717, 1.165) is 23.0 Å². The molecular formula is C16H15N3O. The van der Waals surface area contributed by atoms with E-state index >= 15 is 0 Å². The molecule has 0 bridgehead atoms. The Balaban J connectivity index is 1.80. The van der Waals surface area contributed by atoms with Gasteiger partial charge >= 0.3 is 0 Å². The molecule has 0 saturated heterocycles. The number of hydrogen-bond donors (Lipinski definition) is 2. The molecule has 1 heterocycles. The SMILES string of the molecule is CCc1ccc(NC(=O)c2ccc3cn[nH]c3c2)cc1. The molecule has 1 amide bonds. The molecule has 3 rings (SSSR count). The van der Waals surface area contributed by atoms with Crippen LogP contribution in [0.5, 0.6) is 0 Å². The molecule has 100 valence electrons. The number of nitrogens with one attached hydrogen (secondary N) is 2. The molecule has 0 spiro atoms. The van der Waals surface area contributed by atoms with Gasteiger partial charge in [-0.05, 0) is 36.2 Å². The number of rotatable bonds is 3. The van der Waals surface area contributed by atoms with Gasteiger partial charge in [0.15, 0.2) is 0 Å². The molecule has 0 aliphatic rings. The minimum Gasteiger partial charge on any atom is -0.322 e. The van der Waals surface area contributed by atoms with Crippen LogP contribution in [0.15, 0.2) is 48.7 Å². The highest BCUT2D eigenvalue weighted by Gasteiger charge is 2.07. The lowest BCUT2D eigenvalue weighted by Gasteiger charge is -2.06. The van der Waals surface area contributed by atoms with Crippen molar-refractivity contribution in [1.29, 1.82) is 0 Å². The largest absolute Gasteiger partial charge is 0.322 e. The van der Waals surface area contributed by atoms with Gasteiger partial charge in [-0.25, -0.2) is 0 Å². The summed E-state index contributed by atoms with van der Waals surface area (Å²) in [4.78, 5) is 12.2. The van der Waals surface area contributed by atoms with Crippen LogP contribution in [0, 0.1) is 0 Å². The third-order valence-electron chi connectivity index (χ3n) is 3.32. The predicted molar refractivity (Wildman–Crippen MR) is 79.9 cm³/mol. The maximum atomic E-state index is 12.2. The molecule has 0 aliphatic heterocycles. The maximum Gasteiger partial charge on any atom is 0.255 e. The summed E-state index contributed by atoms with van der Waals surface area (Å²) in [5, 5.41) is 10.7. The first-order valence-corrected chi connectivity index (χ1v) is 6.59. The number of aromatic amines is 1. The van der Waals surface area contributed by atoms with E-state index in [0.29, 0.717) is 5.56 Å². The fourth-order valence-corrected chi connectivity index (χ4v) is 2.11. The minimum atomic E-state index is -0.120. The van der Waals surface area contributed by atoms with E-state index in [4.69, 9.17) is 0 Å². The highest BCUT2D eigenvalue weighted by molar-refractivity contribution is 6.06. The van der Waals surface area contributed by atoms with E-state index in [2.05, 4.69) is 22.4 Å². The Morgan fingerprint density at radius 2 is 2.00 bits per heavy atom. The van der Waals surface area contributed by atoms with Gasteiger partial charge < -0.3 is 5.32 Å². The molecule has 3 aromatic rings. The van der Waals surface area contributed by atoms with E-state index in [-0.39, 0.29) is 5.91 Å². The Labute approximate surface area is 116 Å². The van der Waals surface area contributed by atoms with Crippen LogP contribution in [0.4, 0.5) is 5.69 Å². The summed E-state index contributed by atoms with van der Waals surface area (Å²) in [5.41, 5.74) is 3.53. The second kappa shape index (κ2) is 5.17. The molecule has 20 heavy (non-hydrogen) atoms. The Kier molecular flexibility index (Phi) is 3.21. The summed E-state index contributed by atoms with van der Waals surface area (Å²) in [5.74, 6) is -0.120. The average Bonchev–Trinajstić information content (AvgIpc) is 2.95. The summed E-state index contributed by atoms with van der Waals surface area (Å²) < 4.78 is 0. The third-order valence-corrected chi connectivity index (χ3v) is 3.32. The number of amides is 1. The number of benzene rings is 2. The standard InChI is InChI=1S/C16H15N3O/c1-2-11-3-7-14(8-4-11)18-16(20)12-5-6-13-10-17-19-15(13)9-12/h3-10H,2H2,1H3,(H,17,19)(H,18,20). The Morgan fingerprint density at radius 3 is 2.75 bits per heavy atom. The van der Waals surface area contributed by atoms with E-state index in [1.807, 2.05) is 30.3 Å². The number of aromatic nitrogens is 2. The van der Waals surface area contributed by atoms with Crippen molar-refractivity contribution in [1.82, 2.24) is 10.2 Å². The summed E-state index contributed by atoms with van der Waals surface area (Å²) >= 11 is 0. The molecule has 0 unspecified atom stereocenters. The molecule has 4 heteroatoms. The molecule has 2 N–H and O–H groups in total. The van der Waals surface area contributed by atoms with Crippen LogP contribution in [-0.4, -0.2) is 16.1 Å². The number of aryl methyl sites for hydroxylation is 1. The normalized spacial score (nSPS) is 10.7. The second-order valence-electron chi connectivity index (χ2n) is 4.68. The summed E-state index contributed by atoms with van der Waals surface area (Å²) in [6, 6.07) is 13.4. The van der Waals surface area contributed by atoms with Crippen molar-refractivity contribution in [2.45, 2.75) is 13.3 Å². The molecule has 0 saturated carbocycles. The van der Waals surface area contributed by atoms with Gasteiger partial charge in [0.05, 0.1) is 11.7 Å². The molecule has 2 aromatic carbocycles. The summed E-state index contributed by atoms with van der Waals surface area (Å²) in [6.45, 7) is 2.10. The van der Waals surface area contributed by atoms with Crippen molar-refractivity contribution in [2.75, 3.05) is 5.32 Å². The number of fused-ring (bicyclic) bond motifs is 1. The van der Waals surface area contributed by atoms with Gasteiger partial charge in [0.1, 0.15) is 0 Å². The molecule has 0 fully saturated rings. The minimum absolute atomic E-state index is 0.120. The second-order valence-corrected chi connectivity index (χ2v) is 4.68. The van der Waals surface area contributed by atoms with Crippen LogP contribution < -0.4 is 5.32 Å². The van der Waals surface area contributed by atoms with Crippen LogP contribution >= 0.6 is 0 Å². The lowest BCUT2D eigenvalue weighted by molar-refractivity contribution is 0.102. The van der Waals surface area contributed by atoms with E-state index in [1.165, 1.54) is 5.56 Å². The highest BCUT2D eigenvalue weighted by atomic mass is 16.1. The van der Waals surface area contributed by atoms with Gasteiger partial charge in [0, 0.05) is 16.6 Å². The van der Waals surface area contributed by atoms with Gasteiger partial charge in [-0.2, -0.15) is 5.10 Å². The van der Waals surface area contributed by atoms with Crippen LogP contribution in [0.2, 0.25) is 0 Å². The number of anilines is 1. The number of nitrogens with zero attached hydrogens (tertiary/aromatic N) is 1. The lowest BCUT2D eigenvalue weighted by atomic mass is 10.1. The fourth-order valence-electron chi connectivity index (χ4n) is 2.11. The zero-order chi connectivity index (χ0) is 13.9. The topological polar surface area (TPSA) is 57.8 Å². The van der Waals surface area contributed by atoms with Gasteiger partial charge in [0.25, 0.3) is 5.91 Å². The molecule has 4 nitrogen and oxygen atoms in total. The lowest BCUT2D eigenvalue weighted by Crippen LogP contribution is -2.11. The van der Waals surface area contributed by atoms with Crippen LogP contribution in [0.3, 0.4) is 0 Å². The van der Waals surface area contributed by atoms with Crippen molar-refractivity contribution in [2.24, 2.45) is 0 Å². The summed E-state index contributed by atoms with van der Waals surface area (Å²) in [6.07, 6.45) is 2.73. The maximum absolute atomic E-state index is 12.2. The van der Waals surface area contributed by atoms with Crippen molar-refractivity contribution >= 4 is 22.5 Å². The number of hydrogen-bond acceptors (Lipinski definition) is 2. The van der Waals surface area contributed by atoms with Crippen molar-refractivity contribution < 1.29 is 4.79 Å². The smallest absolute Gasteiger partial charge is 0.255 e. The van der Waals surface area contributed by atoms with Crippen LogP contribution in [0.1, 0.15) is 22.8 Å². The number of carbonyl (C=O) groups is 1. The van der Waals surface area contributed by atoms with Gasteiger partial charge in [-0.1, -0.05) is 25.1 Å². The Bertz CT molecular complexity index is 744. The predicted octanol–water partition coefficient (Wildman–Crippen LogP) is 3.38. The van der Waals surface area contributed by atoms with Crippen molar-refractivity contribution in [3.05, 3.63) is 59.8 Å². The number of carbonyl (C=O) groups excluding carboxylic acids is 1. The van der Waals surface area contributed by atoms with Crippen molar-refractivity contribution in [3.63, 3.8) is 0 Å².